The van der Waals surface area contributed by atoms with Crippen LogP contribution < -0.4 is 15.4 Å². The third kappa shape index (κ3) is 4.09. The number of methoxy groups -OCH3 is 1. The summed E-state index contributed by atoms with van der Waals surface area (Å²) in [6.45, 7) is 1.34. The van der Waals surface area contributed by atoms with Crippen molar-refractivity contribution in [2.75, 3.05) is 25.1 Å². The van der Waals surface area contributed by atoms with E-state index >= 15 is 0 Å². The number of aromatic nitrogens is 1. The van der Waals surface area contributed by atoms with E-state index < -0.39 is 0 Å². The topological polar surface area (TPSA) is 51.4 Å². The molecular formula is C15H17BrClN3O. The molecule has 0 aliphatic carbocycles. The molecule has 0 aliphatic heterocycles. The van der Waals surface area contributed by atoms with E-state index in [0.717, 1.165) is 28.9 Å². The Balaban J connectivity index is 2.41. The smallest absolute Gasteiger partial charge is 0.151 e. The van der Waals surface area contributed by atoms with Crippen LogP contribution in [0.25, 0.3) is 0 Å². The molecule has 6 heteroatoms. The van der Waals surface area contributed by atoms with Gasteiger partial charge in [0.05, 0.1) is 12.1 Å². The van der Waals surface area contributed by atoms with Crippen molar-refractivity contribution in [3.05, 3.63) is 46.0 Å². The third-order valence-corrected chi connectivity index (χ3v) is 3.71. The van der Waals surface area contributed by atoms with Gasteiger partial charge in [-0.3, -0.25) is 0 Å². The molecular weight excluding hydrogens is 354 g/mol. The Kier molecular flexibility index (Phi) is 5.85. The molecule has 0 radical (unpaired) electrons. The number of ether oxygens (including phenoxy) is 1. The number of hydrogen-bond donors (Lipinski definition) is 1. The second kappa shape index (κ2) is 7.64. The monoisotopic (exact) mass is 369 g/mol. The highest BCUT2D eigenvalue weighted by Crippen LogP contribution is 2.33. The van der Waals surface area contributed by atoms with Gasteiger partial charge in [-0.1, -0.05) is 17.7 Å². The van der Waals surface area contributed by atoms with Crippen LogP contribution in [0.5, 0.6) is 5.75 Å². The maximum atomic E-state index is 6.33. The van der Waals surface area contributed by atoms with E-state index in [0.29, 0.717) is 17.4 Å². The van der Waals surface area contributed by atoms with Gasteiger partial charge in [0.15, 0.2) is 5.82 Å². The zero-order valence-corrected chi connectivity index (χ0v) is 14.1. The summed E-state index contributed by atoms with van der Waals surface area (Å²) in [5.74, 6) is 1.50. The molecule has 1 heterocycles. The van der Waals surface area contributed by atoms with Crippen molar-refractivity contribution in [2.45, 2.75) is 6.42 Å². The summed E-state index contributed by atoms with van der Waals surface area (Å²) in [7, 11) is 1.65. The fourth-order valence-corrected chi connectivity index (χ4v) is 2.72. The van der Waals surface area contributed by atoms with E-state index in [-0.39, 0.29) is 0 Å². The lowest BCUT2D eigenvalue weighted by atomic mass is 10.2. The van der Waals surface area contributed by atoms with Gasteiger partial charge in [0.1, 0.15) is 5.75 Å². The second-order valence-electron chi connectivity index (χ2n) is 4.45. The first-order valence-corrected chi connectivity index (χ1v) is 7.75. The fraction of sp³-hybridized carbons (Fsp3) is 0.267. The first kappa shape index (κ1) is 16.1. The number of halogens is 2. The van der Waals surface area contributed by atoms with Crippen molar-refractivity contribution < 1.29 is 4.74 Å². The number of rotatable bonds is 6. The number of hydrogen-bond acceptors (Lipinski definition) is 4. The number of nitrogens with zero attached hydrogens (tertiary/aromatic N) is 2. The lowest BCUT2D eigenvalue weighted by Gasteiger charge is -2.25. The molecule has 1 aromatic carbocycles. The van der Waals surface area contributed by atoms with Crippen LogP contribution in [0, 0.1) is 0 Å². The number of anilines is 2. The molecule has 2 N–H and O–H groups in total. The van der Waals surface area contributed by atoms with E-state index in [1.807, 2.05) is 35.2 Å². The molecule has 1 aromatic heterocycles. The summed E-state index contributed by atoms with van der Waals surface area (Å²) in [6, 6.07) is 9.63. The highest BCUT2D eigenvalue weighted by atomic mass is 79.9. The summed E-state index contributed by atoms with van der Waals surface area (Å²) in [5.41, 5.74) is 6.61. The largest absolute Gasteiger partial charge is 0.497 e. The average molecular weight is 371 g/mol. The zero-order valence-electron chi connectivity index (χ0n) is 11.7. The number of pyridine rings is 1. The fourth-order valence-electron chi connectivity index (χ4n) is 1.99. The van der Waals surface area contributed by atoms with Crippen molar-refractivity contribution in [2.24, 2.45) is 5.73 Å². The summed E-state index contributed by atoms with van der Waals surface area (Å²) >= 11 is 9.70. The Bertz CT molecular complexity index is 609. The first-order valence-electron chi connectivity index (χ1n) is 6.58. The van der Waals surface area contributed by atoms with Crippen LogP contribution in [0.15, 0.2) is 41.0 Å². The van der Waals surface area contributed by atoms with Crippen molar-refractivity contribution in [3.63, 3.8) is 0 Å². The normalized spacial score (nSPS) is 10.5. The van der Waals surface area contributed by atoms with Crippen LogP contribution in [0.1, 0.15) is 6.42 Å². The van der Waals surface area contributed by atoms with Crippen molar-refractivity contribution in [3.8, 4) is 5.75 Å². The quantitative estimate of drug-likeness (QED) is 0.835. The van der Waals surface area contributed by atoms with E-state index in [4.69, 9.17) is 22.1 Å². The van der Waals surface area contributed by atoms with Gasteiger partial charge < -0.3 is 15.4 Å². The molecule has 0 atom stereocenters. The summed E-state index contributed by atoms with van der Waals surface area (Å²) < 4.78 is 6.13. The summed E-state index contributed by atoms with van der Waals surface area (Å²) in [4.78, 5) is 6.47. The maximum Gasteiger partial charge on any atom is 0.151 e. The van der Waals surface area contributed by atoms with Gasteiger partial charge in [-0.05, 0) is 47.1 Å². The van der Waals surface area contributed by atoms with Crippen LogP contribution in [0.2, 0.25) is 5.02 Å². The maximum absolute atomic E-state index is 6.33. The molecule has 0 saturated carbocycles. The van der Waals surface area contributed by atoms with E-state index in [1.165, 1.54) is 0 Å². The van der Waals surface area contributed by atoms with Gasteiger partial charge in [0, 0.05) is 29.0 Å². The van der Waals surface area contributed by atoms with Gasteiger partial charge in [-0.25, -0.2) is 4.98 Å². The molecule has 2 aromatic rings. The van der Waals surface area contributed by atoms with Crippen LogP contribution in [-0.2, 0) is 0 Å². The molecule has 0 saturated heterocycles. The third-order valence-electron chi connectivity index (χ3n) is 2.99. The molecule has 0 aliphatic rings. The number of benzene rings is 1. The summed E-state index contributed by atoms with van der Waals surface area (Å²) in [6.07, 6.45) is 2.57. The Morgan fingerprint density at radius 1 is 1.38 bits per heavy atom. The predicted molar refractivity (Wildman–Crippen MR) is 90.6 cm³/mol. The highest BCUT2D eigenvalue weighted by molar-refractivity contribution is 9.10. The van der Waals surface area contributed by atoms with Crippen LogP contribution in [-0.4, -0.2) is 25.2 Å². The van der Waals surface area contributed by atoms with Crippen LogP contribution in [0.4, 0.5) is 11.5 Å². The van der Waals surface area contributed by atoms with Gasteiger partial charge >= 0.3 is 0 Å². The van der Waals surface area contributed by atoms with Gasteiger partial charge in [-0.2, -0.15) is 0 Å². The average Bonchev–Trinajstić information content (AvgIpc) is 2.49. The SMILES string of the molecule is COc1cccc(N(CCCN)c2ncc(Br)cc2Cl)c1. The lowest BCUT2D eigenvalue weighted by Crippen LogP contribution is -2.22. The van der Waals surface area contributed by atoms with Crippen molar-refractivity contribution in [1.29, 1.82) is 0 Å². The minimum atomic E-state index is 0.587. The van der Waals surface area contributed by atoms with Crippen molar-refractivity contribution in [1.82, 2.24) is 4.98 Å². The predicted octanol–water partition coefficient (Wildman–Crippen LogP) is 3.99. The van der Waals surface area contributed by atoms with Crippen molar-refractivity contribution >= 4 is 39.0 Å². The Labute approximate surface area is 138 Å². The Hall–Kier alpha value is -1.30. The van der Waals surface area contributed by atoms with E-state index in [9.17, 15) is 0 Å². The molecule has 2 rings (SSSR count). The molecule has 4 nitrogen and oxygen atoms in total. The van der Waals surface area contributed by atoms with Gasteiger partial charge in [-0.15, -0.1) is 0 Å². The molecule has 0 bridgehead atoms. The first-order chi connectivity index (χ1) is 10.2. The van der Waals surface area contributed by atoms with E-state index in [2.05, 4.69) is 20.9 Å². The molecule has 0 fully saturated rings. The molecule has 21 heavy (non-hydrogen) atoms. The molecule has 0 unspecified atom stereocenters. The minimum absolute atomic E-state index is 0.587. The van der Waals surface area contributed by atoms with E-state index in [1.54, 1.807) is 13.3 Å². The molecule has 112 valence electrons. The second-order valence-corrected chi connectivity index (χ2v) is 5.78. The summed E-state index contributed by atoms with van der Waals surface area (Å²) in [5, 5.41) is 0.587. The van der Waals surface area contributed by atoms with Gasteiger partial charge in [0.25, 0.3) is 0 Å². The van der Waals surface area contributed by atoms with Crippen LogP contribution in [0.3, 0.4) is 0 Å². The zero-order chi connectivity index (χ0) is 15.2. The van der Waals surface area contributed by atoms with Crippen LogP contribution >= 0.6 is 27.5 Å². The lowest BCUT2D eigenvalue weighted by molar-refractivity contribution is 0.415. The minimum Gasteiger partial charge on any atom is -0.497 e. The Morgan fingerprint density at radius 2 is 2.19 bits per heavy atom. The Morgan fingerprint density at radius 3 is 2.86 bits per heavy atom. The highest BCUT2D eigenvalue weighted by Gasteiger charge is 2.15. The molecule has 0 spiro atoms. The van der Waals surface area contributed by atoms with Gasteiger partial charge in [0.2, 0.25) is 0 Å². The standard InChI is InChI=1S/C15H17BrClN3O/c1-21-13-5-2-4-12(9-13)20(7-3-6-18)15-14(17)8-11(16)10-19-15/h2,4-5,8-10H,3,6-7,18H2,1H3. The molecule has 0 amide bonds. The number of nitrogens with two attached hydrogens (primary N) is 1.